The summed E-state index contributed by atoms with van der Waals surface area (Å²) in [5.41, 5.74) is 2.00. The number of nitrogens with zero attached hydrogens (tertiary/aromatic N) is 1. The number of ether oxygens (including phenoxy) is 2. The van der Waals surface area contributed by atoms with E-state index in [0.717, 1.165) is 16.3 Å². The SMILES string of the molecule is CCOc1cc(/C=C(\C#N)C(=O)Nc2ccccc2Cl)c(Br)cc1OCc1cccc2ccccc12. The lowest BCUT2D eigenvalue weighted by molar-refractivity contribution is -0.112. The van der Waals surface area contributed by atoms with Crippen molar-refractivity contribution in [1.29, 1.82) is 5.26 Å². The van der Waals surface area contributed by atoms with Crippen LogP contribution in [0.2, 0.25) is 5.02 Å². The molecule has 4 rings (SSSR count). The Morgan fingerprint density at radius 1 is 1.03 bits per heavy atom. The van der Waals surface area contributed by atoms with E-state index in [1.54, 1.807) is 36.4 Å². The molecule has 0 aromatic heterocycles. The fourth-order valence-corrected chi connectivity index (χ4v) is 4.29. The van der Waals surface area contributed by atoms with E-state index < -0.39 is 5.91 Å². The number of amides is 1. The first-order chi connectivity index (χ1) is 17.5. The number of nitrogens with one attached hydrogen (secondary N) is 1. The number of halogens is 2. The summed E-state index contributed by atoms with van der Waals surface area (Å²) < 4.78 is 12.6. The predicted molar refractivity (Wildman–Crippen MR) is 147 cm³/mol. The molecule has 0 saturated heterocycles. The van der Waals surface area contributed by atoms with Crippen LogP contribution in [0.1, 0.15) is 18.1 Å². The minimum atomic E-state index is -0.563. The van der Waals surface area contributed by atoms with Gasteiger partial charge in [0.25, 0.3) is 5.91 Å². The fourth-order valence-electron chi connectivity index (χ4n) is 3.67. The zero-order valence-corrected chi connectivity index (χ0v) is 21.8. The van der Waals surface area contributed by atoms with E-state index in [2.05, 4.69) is 39.4 Å². The van der Waals surface area contributed by atoms with Gasteiger partial charge in [0.2, 0.25) is 0 Å². The minimum Gasteiger partial charge on any atom is -0.490 e. The Hall–Kier alpha value is -3.79. The smallest absolute Gasteiger partial charge is 0.266 e. The van der Waals surface area contributed by atoms with Crippen molar-refractivity contribution in [2.24, 2.45) is 0 Å². The van der Waals surface area contributed by atoms with Crippen molar-refractivity contribution in [2.75, 3.05) is 11.9 Å². The maximum Gasteiger partial charge on any atom is 0.266 e. The molecule has 0 aliphatic rings. The second kappa shape index (κ2) is 11.8. The van der Waals surface area contributed by atoms with Crippen molar-refractivity contribution >= 4 is 56.0 Å². The van der Waals surface area contributed by atoms with Crippen LogP contribution in [0.4, 0.5) is 5.69 Å². The van der Waals surface area contributed by atoms with Crippen LogP contribution in [-0.4, -0.2) is 12.5 Å². The molecule has 4 aromatic carbocycles. The summed E-state index contributed by atoms with van der Waals surface area (Å²) in [5, 5.41) is 15.0. The third-order valence-electron chi connectivity index (χ3n) is 5.41. The highest BCUT2D eigenvalue weighted by Crippen LogP contribution is 2.36. The molecule has 0 atom stereocenters. The molecular weight excluding hydrogens is 540 g/mol. The van der Waals surface area contributed by atoms with Gasteiger partial charge in [0.05, 0.1) is 17.3 Å². The lowest BCUT2D eigenvalue weighted by atomic mass is 10.1. The van der Waals surface area contributed by atoms with Crippen molar-refractivity contribution in [3.63, 3.8) is 0 Å². The Balaban J connectivity index is 1.60. The summed E-state index contributed by atoms with van der Waals surface area (Å²) in [4.78, 5) is 12.7. The van der Waals surface area contributed by atoms with Gasteiger partial charge in [0.1, 0.15) is 18.2 Å². The standard InChI is InChI=1S/C29H22BrClN2O3/c1-2-35-27-15-21(14-22(17-32)29(34)33-26-13-6-5-12-25(26)31)24(30)16-28(27)36-18-20-10-7-9-19-8-3-4-11-23(19)20/h3-16H,2,18H2,1H3,(H,33,34)/b22-14+. The molecule has 5 nitrogen and oxygen atoms in total. The summed E-state index contributed by atoms with van der Waals surface area (Å²) in [6, 6.07) is 26.6. The Morgan fingerprint density at radius 3 is 2.53 bits per heavy atom. The first kappa shape index (κ1) is 25.3. The molecule has 1 N–H and O–H groups in total. The first-order valence-electron chi connectivity index (χ1n) is 11.2. The third-order valence-corrected chi connectivity index (χ3v) is 6.43. The molecule has 180 valence electrons. The topological polar surface area (TPSA) is 71.3 Å². The minimum absolute atomic E-state index is 0.0810. The molecule has 0 unspecified atom stereocenters. The summed E-state index contributed by atoms with van der Waals surface area (Å²) in [6.07, 6.45) is 1.49. The number of anilines is 1. The first-order valence-corrected chi connectivity index (χ1v) is 12.4. The zero-order chi connectivity index (χ0) is 25.5. The second-order valence-corrected chi connectivity index (χ2v) is 9.05. The highest BCUT2D eigenvalue weighted by molar-refractivity contribution is 9.10. The van der Waals surface area contributed by atoms with Crippen LogP contribution < -0.4 is 14.8 Å². The molecule has 0 aliphatic heterocycles. The van der Waals surface area contributed by atoms with Gasteiger partial charge in [-0.1, -0.05) is 82.1 Å². The van der Waals surface area contributed by atoms with Gasteiger partial charge in [-0.15, -0.1) is 0 Å². The molecule has 0 aliphatic carbocycles. The summed E-state index contributed by atoms with van der Waals surface area (Å²) in [6.45, 7) is 2.66. The number of carbonyl (C=O) groups is 1. The van der Waals surface area contributed by atoms with E-state index in [-0.39, 0.29) is 5.57 Å². The molecule has 0 saturated carbocycles. The summed E-state index contributed by atoms with van der Waals surface area (Å²) in [7, 11) is 0. The van der Waals surface area contributed by atoms with Crippen molar-refractivity contribution in [1.82, 2.24) is 0 Å². The van der Waals surface area contributed by atoms with Crippen molar-refractivity contribution in [2.45, 2.75) is 13.5 Å². The molecule has 36 heavy (non-hydrogen) atoms. The lowest BCUT2D eigenvalue weighted by Gasteiger charge is -2.15. The Labute approximate surface area is 223 Å². The van der Waals surface area contributed by atoms with Gasteiger partial charge in [-0.2, -0.15) is 5.26 Å². The quantitative estimate of drug-likeness (QED) is 0.176. The van der Waals surface area contributed by atoms with Gasteiger partial charge in [-0.05, 0) is 59.2 Å². The van der Waals surface area contributed by atoms with E-state index in [0.29, 0.717) is 45.5 Å². The predicted octanol–water partition coefficient (Wildman–Crippen LogP) is 7.78. The highest BCUT2D eigenvalue weighted by Gasteiger charge is 2.15. The van der Waals surface area contributed by atoms with E-state index in [1.807, 2.05) is 37.3 Å². The van der Waals surface area contributed by atoms with E-state index in [4.69, 9.17) is 21.1 Å². The molecule has 0 heterocycles. The Morgan fingerprint density at radius 2 is 1.75 bits per heavy atom. The number of carbonyl (C=O) groups excluding carboxylic acids is 1. The van der Waals surface area contributed by atoms with Crippen molar-refractivity contribution < 1.29 is 14.3 Å². The number of benzene rings is 4. The van der Waals surface area contributed by atoms with Gasteiger partial charge >= 0.3 is 0 Å². The van der Waals surface area contributed by atoms with Crippen LogP contribution >= 0.6 is 27.5 Å². The van der Waals surface area contributed by atoms with Crippen LogP contribution in [0.3, 0.4) is 0 Å². The van der Waals surface area contributed by atoms with Gasteiger partial charge in [0.15, 0.2) is 11.5 Å². The zero-order valence-electron chi connectivity index (χ0n) is 19.4. The van der Waals surface area contributed by atoms with Crippen LogP contribution in [0.15, 0.2) is 88.9 Å². The molecule has 7 heteroatoms. The number of rotatable bonds is 8. The van der Waals surface area contributed by atoms with Crippen LogP contribution in [0, 0.1) is 11.3 Å². The molecule has 0 spiro atoms. The molecule has 0 bridgehead atoms. The number of fused-ring (bicyclic) bond motifs is 1. The van der Waals surface area contributed by atoms with E-state index in [9.17, 15) is 10.1 Å². The number of para-hydroxylation sites is 1. The van der Waals surface area contributed by atoms with Gasteiger partial charge in [-0.25, -0.2) is 0 Å². The Bertz CT molecular complexity index is 1490. The van der Waals surface area contributed by atoms with Gasteiger partial charge in [0, 0.05) is 4.47 Å². The number of hydrogen-bond donors (Lipinski definition) is 1. The maximum absolute atomic E-state index is 12.7. The average Bonchev–Trinajstić information content (AvgIpc) is 2.89. The summed E-state index contributed by atoms with van der Waals surface area (Å²) >= 11 is 9.67. The normalized spacial score (nSPS) is 11.1. The highest BCUT2D eigenvalue weighted by atomic mass is 79.9. The van der Waals surface area contributed by atoms with Gasteiger partial charge in [-0.3, -0.25) is 4.79 Å². The van der Waals surface area contributed by atoms with Crippen LogP contribution in [-0.2, 0) is 11.4 Å². The van der Waals surface area contributed by atoms with Gasteiger partial charge < -0.3 is 14.8 Å². The van der Waals surface area contributed by atoms with Crippen molar-refractivity contribution in [3.05, 3.63) is 105 Å². The largest absolute Gasteiger partial charge is 0.490 e. The van der Waals surface area contributed by atoms with Crippen LogP contribution in [0.25, 0.3) is 16.8 Å². The van der Waals surface area contributed by atoms with Crippen molar-refractivity contribution in [3.8, 4) is 17.6 Å². The molecule has 0 fully saturated rings. The van der Waals surface area contributed by atoms with Crippen LogP contribution in [0.5, 0.6) is 11.5 Å². The Kier molecular flexibility index (Phi) is 8.27. The second-order valence-electron chi connectivity index (χ2n) is 7.78. The lowest BCUT2D eigenvalue weighted by Crippen LogP contribution is -2.13. The molecule has 0 radical (unpaired) electrons. The fraction of sp³-hybridized carbons (Fsp3) is 0.103. The molecule has 1 amide bonds. The van der Waals surface area contributed by atoms with E-state index >= 15 is 0 Å². The average molecular weight is 562 g/mol. The monoisotopic (exact) mass is 560 g/mol. The third kappa shape index (κ3) is 5.88. The maximum atomic E-state index is 12.7. The number of nitriles is 1. The summed E-state index contributed by atoms with van der Waals surface area (Å²) in [5.74, 6) is 0.496. The molecular formula is C29H22BrClN2O3. The van der Waals surface area contributed by atoms with E-state index in [1.165, 1.54) is 6.08 Å². The molecule has 4 aromatic rings. The number of hydrogen-bond acceptors (Lipinski definition) is 4.